The van der Waals surface area contributed by atoms with E-state index in [0.717, 1.165) is 22.0 Å². The number of hydrogen-bond donors (Lipinski definition) is 2. The Morgan fingerprint density at radius 1 is 1.19 bits per heavy atom. The Labute approximate surface area is 99.3 Å². The maximum absolute atomic E-state index is 5.81. The predicted octanol–water partition coefficient (Wildman–Crippen LogP) is 2.93. The summed E-state index contributed by atoms with van der Waals surface area (Å²) in [6.07, 6.45) is 3.44. The highest BCUT2D eigenvalue weighted by molar-refractivity contribution is 6.30. The normalized spacial score (nSPS) is 10.1. The molecular formula is C12H12ClN3. The summed E-state index contributed by atoms with van der Waals surface area (Å²) in [6, 6.07) is 9.33. The van der Waals surface area contributed by atoms with Crippen molar-refractivity contribution in [2.75, 3.05) is 11.1 Å². The molecule has 0 aliphatic rings. The first-order valence-corrected chi connectivity index (χ1v) is 5.31. The molecule has 0 saturated heterocycles. The molecule has 3 N–H and O–H groups in total. The van der Waals surface area contributed by atoms with Crippen molar-refractivity contribution in [2.24, 2.45) is 0 Å². The summed E-state index contributed by atoms with van der Waals surface area (Å²) in [5.74, 6) is 0. The number of nitrogens with two attached hydrogens (primary N) is 1. The van der Waals surface area contributed by atoms with Crippen molar-refractivity contribution in [3.8, 4) is 0 Å². The minimum Gasteiger partial charge on any atom is -0.398 e. The van der Waals surface area contributed by atoms with Crippen molar-refractivity contribution in [3.05, 3.63) is 53.3 Å². The second-order valence-corrected chi connectivity index (χ2v) is 3.87. The van der Waals surface area contributed by atoms with Crippen LogP contribution in [-0.2, 0) is 6.54 Å². The van der Waals surface area contributed by atoms with Crippen LogP contribution in [0.15, 0.2) is 42.7 Å². The van der Waals surface area contributed by atoms with Gasteiger partial charge in [-0.15, -0.1) is 0 Å². The number of nitrogens with zero attached hydrogens (tertiary/aromatic N) is 1. The van der Waals surface area contributed by atoms with Crippen molar-refractivity contribution in [1.82, 2.24) is 4.98 Å². The second-order valence-electron chi connectivity index (χ2n) is 3.43. The summed E-state index contributed by atoms with van der Waals surface area (Å²) in [5, 5.41) is 3.98. The highest BCUT2D eigenvalue weighted by Gasteiger charge is 1.98. The fraction of sp³-hybridized carbons (Fsp3) is 0.0833. The number of nitrogens with one attached hydrogen (secondary N) is 1. The second kappa shape index (κ2) is 4.86. The Balaban J connectivity index is 2.02. The molecule has 3 nitrogen and oxygen atoms in total. The van der Waals surface area contributed by atoms with E-state index in [-0.39, 0.29) is 0 Å². The average molecular weight is 234 g/mol. The van der Waals surface area contributed by atoms with Crippen LogP contribution in [0.2, 0.25) is 5.02 Å². The molecule has 1 aromatic carbocycles. The number of pyridine rings is 1. The molecule has 0 aliphatic carbocycles. The molecule has 16 heavy (non-hydrogen) atoms. The average Bonchev–Trinajstić information content (AvgIpc) is 2.30. The molecule has 0 atom stereocenters. The zero-order valence-corrected chi connectivity index (χ0v) is 9.41. The highest BCUT2D eigenvalue weighted by Crippen LogP contribution is 2.15. The predicted molar refractivity (Wildman–Crippen MR) is 67.4 cm³/mol. The molecule has 2 aromatic rings. The fourth-order valence-corrected chi connectivity index (χ4v) is 1.48. The summed E-state index contributed by atoms with van der Waals surface area (Å²) < 4.78 is 0. The zero-order chi connectivity index (χ0) is 11.4. The van der Waals surface area contributed by atoms with Crippen LogP contribution in [0.25, 0.3) is 0 Å². The van der Waals surface area contributed by atoms with Gasteiger partial charge >= 0.3 is 0 Å². The first-order valence-electron chi connectivity index (χ1n) is 4.93. The van der Waals surface area contributed by atoms with Gasteiger partial charge in [-0.05, 0) is 30.3 Å². The van der Waals surface area contributed by atoms with Crippen LogP contribution in [-0.4, -0.2) is 4.98 Å². The Hall–Kier alpha value is -1.74. The topological polar surface area (TPSA) is 50.9 Å². The number of hydrogen-bond acceptors (Lipinski definition) is 3. The number of benzene rings is 1. The minimum atomic E-state index is 0.654. The van der Waals surface area contributed by atoms with Gasteiger partial charge in [0.05, 0.1) is 0 Å². The third-order valence-corrected chi connectivity index (χ3v) is 2.52. The van der Waals surface area contributed by atoms with Gasteiger partial charge in [0.1, 0.15) is 0 Å². The third-order valence-electron chi connectivity index (χ3n) is 2.27. The molecular weight excluding hydrogens is 222 g/mol. The van der Waals surface area contributed by atoms with E-state index in [1.165, 1.54) is 0 Å². The van der Waals surface area contributed by atoms with E-state index in [1.807, 2.05) is 24.3 Å². The number of halogens is 1. The molecule has 0 fully saturated rings. The number of nitrogen functional groups attached to an aromatic ring is 1. The Kier molecular flexibility index (Phi) is 3.27. The van der Waals surface area contributed by atoms with Crippen LogP contribution in [0.1, 0.15) is 5.56 Å². The minimum absolute atomic E-state index is 0.654. The van der Waals surface area contributed by atoms with Gasteiger partial charge in [0.25, 0.3) is 0 Å². The molecule has 0 bridgehead atoms. The maximum atomic E-state index is 5.81. The summed E-state index contributed by atoms with van der Waals surface area (Å²) >= 11 is 5.80. The van der Waals surface area contributed by atoms with E-state index < -0.39 is 0 Å². The van der Waals surface area contributed by atoms with Crippen molar-refractivity contribution in [1.29, 1.82) is 0 Å². The quantitative estimate of drug-likeness (QED) is 0.857. The Morgan fingerprint density at radius 3 is 2.62 bits per heavy atom. The number of anilines is 2. The van der Waals surface area contributed by atoms with Gasteiger partial charge in [-0.25, -0.2) is 0 Å². The molecule has 0 aliphatic heterocycles. The van der Waals surface area contributed by atoms with Crippen LogP contribution < -0.4 is 11.1 Å². The lowest BCUT2D eigenvalue weighted by molar-refractivity contribution is 1.12. The smallest absolute Gasteiger partial charge is 0.0436 e. The molecule has 0 unspecified atom stereocenters. The largest absolute Gasteiger partial charge is 0.398 e. The maximum Gasteiger partial charge on any atom is 0.0436 e. The third kappa shape index (κ3) is 2.64. The van der Waals surface area contributed by atoms with Gasteiger partial charge in [-0.3, -0.25) is 4.98 Å². The van der Waals surface area contributed by atoms with Gasteiger partial charge in [0.2, 0.25) is 0 Å². The SMILES string of the molecule is Nc1ccncc1CNc1ccc(Cl)cc1. The molecule has 2 rings (SSSR count). The summed E-state index contributed by atoms with van der Waals surface area (Å²) in [7, 11) is 0. The van der Waals surface area contributed by atoms with E-state index in [2.05, 4.69) is 10.3 Å². The lowest BCUT2D eigenvalue weighted by Crippen LogP contribution is -2.03. The van der Waals surface area contributed by atoms with Gasteiger partial charge in [0, 0.05) is 40.9 Å². The van der Waals surface area contributed by atoms with E-state index in [1.54, 1.807) is 18.5 Å². The van der Waals surface area contributed by atoms with Crippen molar-refractivity contribution in [2.45, 2.75) is 6.54 Å². The van der Waals surface area contributed by atoms with Crippen molar-refractivity contribution < 1.29 is 0 Å². The molecule has 0 saturated carbocycles. The summed E-state index contributed by atoms with van der Waals surface area (Å²) in [5.41, 5.74) is 8.55. The molecule has 1 heterocycles. The van der Waals surface area contributed by atoms with Crippen molar-refractivity contribution in [3.63, 3.8) is 0 Å². The van der Waals surface area contributed by atoms with Gasteiger partial charge in [-0.1, -0.05) is 11.6 Å². The number of rotatable bonds is 3. The Morgan fingerprint density at radius 2 is 1.94 bits per heavy atom. The van der Waals surface area contributed by atoms with E-state index in [4.69, 9.17) is 17.3 Å². The zero-order valence-electron chi connectivity index (χ0n) is 8.65. The fourth-order valence-electron chi connectivity index (χ4n) is 1.35. The molecule has 4 heteroatoms. The highest BCUT2D eigenvalue weighted by atomic mass is 35.5. The van der Waals surface area contributed by atoms with Gasteiger partial charge in [-0.2, -0.15) is 0 Å². The van der Waals surface area contributed by atoms with E-state index in [9.17, 15) is 0 Å². The van der Waals surface area contributed by atoms with E-state index >= 15 is 0 Å². The lowest BCUT2D eigenvalue weighted by Gasteiger charge is -2.08. The van der Waals surface area contributed by atoms with Crippen molar-refractivity contribution >= 4 is 23.0 Å². The standard InChI is InChI=1S/C12H12ClN3/c13-10-1-3-11(4-2-10)16-8-9-7-15-6-5-12(9)14/h1-7,16H,8H2,(H2,14,15). The van der Waals surface area contributed by atoms with Crippen LogP contribution in [0.3, 0.4) is 0 Å². The van der Waals surface area contributed by atoms with Crippen LogP contribution in [0.5, 0.6) is 0 Å². The summed E-state index contributed by atoms with van der Waals surface area (Å²) in [4.78, 5) is 4.03. The molecule has 82 valence electrons. The molecule has 0 amide bonds. The molecule has 0 spiro atoms. The van der Waals surface area contributed by atoms with Gasteiger partial charge < -0.3 is 11.1 Å². The van der Waals surface area contributed by atoms with Gasteiger partial charge in [0.15, 0.2) is 0 Å². The monoisotopic (exact) mass is 233 g/mol. The van der Waals surface area contributed by atoms with Crippen LogP contribution in [0, 0.1) is 0 Å². The molecule has 1 aromatic heterocycles. The first-order chi connectivity index (χ1) is 7.75. The van der Waals surface area contributed by atoms with Crippen LogP contribution in [0.4, 0.5) is 11.4 Å². The summed E-state index contributed by atoms with van der Waals surface area (Å²) in [6.45, 7) is 0.654. The first kappa shape index (κ1) is 10.8. The van der Waals surface area contributed by atoms with E-state index in [0.29, 0.717) is 6.54 Å². The molecule has 0 radical (unpaired) electrons. The lowest BCUT2D eigenvalue weighted by atomic mass is 10.2. The Bertz CT molecular complexity index is 468. The number of aromatic nitrogens is 1. The van der Waals surface area contributed by atoms with Crippen LogP contribution >= 0.6 is 11.6 Å².